The van der Waals surface area contributed by atoms with Crippen molar-refractivity contribution in [2.75, 3.05) is 14.2 Å². The van der Waals surface area contributed by atoms with Crippen LogP contribution in [-0.4, -0.2) is 58.4 Å². The summed E-state index contributed by atoms with van der Waals surface area (Å²) in [7, 11) is 2.12. The topological polar surface area (TPSA) is 201 Å². The van der Waals surface area contributed by atoms with E-state index in [4.69, 9.17) is 16.2 Å². The first-order valence-corrected chi connectivity index (χ1v) is 16.0. The third-order valence-electron chi connectivity index (χ3n) is 7.24. The minimum Gasteiger partial charge on any atom is -0.632 e. The summed E-state index contributed by atoms with van der Waals surface area (Å²) in [5.74, 6) is 0.887. The van der Waals surface area contributed by atoms with Gasteiger partial charge in [0.15, 0.2) is 0 Å². The molecule has 3 heterocycles. The zero-order chi connectivity index (χ0) is 34.2. The number of nitrogens with one attached hydrogen (secondary N) is 4. The number of carbonyl (C=O) groups is 2. The average Bonchev–Trinajstić information content (AvgIpc) is 3.78. The molecule has 4 aromatic carbocycles. The van der Waals surface area contributed by atoms with E-state index in [1.165, 1.54) is 5.56 Å². The Morgan fingerprint density at radius 2 is 1.20 bits per heavy atom. The van der Waals surface area contributed by atoms with Gasteiger partial charge in [0.25, 0.3) is 0 Å². The molecular formula is C33H26N6O7P2V2. The van der Waals surface area contributed by atoms with Gasteiger partial charge in [0, 0.05) is 27.6 Å². The second-order valence-electron chi connectivity index (χ2n) is 9.92. The maximum Gasteiger partial charge on any atom is 2.00 e. The summed E-state index contributed by atoms with van der Waals surface area (Å²) in [4.78, 5) is 54.8. The second-order valence-corrected chi connectivity index (χ2v) is 11.8. The predicted octanol–water partition coefficient (Wildman–Crippen LogP) is 6.68. The Labute approximate surface area is 313 Å². The van der Waals surface area contributed by atoms with Crippen LogP contribution in [0.2, 0.25) is 0 Å². The van der Waals surface area contributed by atoms with Crippen LogP contribution in [0.1, 0.15) is 5.56 Å². The first-order valence-electron chi connectivity index (χ1n) is 14.0. The maximum atomic E-state index is 10.7. The normalized spacial score (nSPS) is 11.1. The third-order valence-corrected chi connectivity index (χ3v) is 8.42. The molecule has 2 amide bonds. The zero-order valence-corrected chi connectivity index (χ0v) is 31.1. The van der Waals surface area contributed by atoms with E-state index in [2.05, 4.69) is 84.0 Å². The van der Waals surface area contributed by atoms with Crippen LogP contribution >= 0.6 is 17.2 Å². The van der Waals surface area contributed by atoms with E-state index in [-0.39, 0.29) is 54.3 Å². The molecule has 0 saturated heterocycles. The molecule has 0 spiro atoms. The molecule has 13 nitrogen and oxygen atoms in total. The van der Waals surface area contributed by atoms with Crippen molar-refractivity contribution in [2.45, 2.75) is 6.61 Å². The average molecular weight is 782 g/mol. The Morgan fingerprint density at radius 1 is 0.740 bits per heavy atom. The van der Waals surface area contributed by atoms with Crippen LogP contribution in [0, 0.1) is 0 Å². The van der Waals surface area contributed by atoms with Gasteiger partial charge in [-0.25, -0.2) is 22.0 Å². The number of amides is 2. The third kappa shape index (κ3) is 9.20. The standard InChI is InChI=1S/C29H18N4O3P2.2C2H5NO2.2V/c34-14-37-28-30-11-25(32-28)18-3-5-20-16(9-18)1-7-22-23-8-2-17-10-19(26-12-31-29(33-26)38-15-35)4-6-21(17)27(23)36-13-24(20)22;2*1-5-2(3)4;;/h1-12,37-38H,13H2,(H,30,32)(H,31,33);2*1H3,(H2,3,4);;/q-2;;;2*+2/p-2. The fourth-order valence-corrected chi connectivity index (χ4v) is 5.96. The number of benzene rings is 4. The molecule has 0 aliphatic carbocycles. The molecule has 0 saturated carbocycles. The number of nitrogens with zero attached hydrogens (tertiary/aromatic N) is 2. The van der Waals surface area contributed by atoms with Gasteiger partial charge in [-0.15, -0.1) is 0 Å². The van der Waals surface area contributed by atoms with E-state index in [9.17, 15) is 19.2 Å². The SMILES string of the molecule is COC([NH-])=O.COC([NH-])=O.O=[C-]Pc1ncc(-c2ccc3c4c(ccc3c2)-c2ccc3cc(-c5cnc(P[C-]=O)[nH]5)ccc3c2OC4)[nH]1.[V+2].[V+2]. The summed E-state index contributed by atoms with van der Waals surface area (Å²) < 4.78 is 13.9. The van der Waals surface area contributed by atoms with Crippen LogP contribution in [0.25, 0.3) is 66.7 Å². The molecule has 6 aromatic rings. The molecule has 50 heavy (non-hydrogen) atoms. The Kier molecular flexibility index (Phi) is 14.8. The Bertz CT molecular complexity index is 2010. The van der Waals surface area contributed by atoms with Crippen LogP contribution in [0.4, 0.5) is 9.59 Å². The number of ether oxygens (including phenoxy) is 3. The number of fused-ring (bicyclic) bond motifs is 7. The largest absolute Gasteiger partial charge is 2.00 e. The fraction of sp³-hybridized carbons (Fsp3) is 0.0909. The van der Waals surface area contributed by atoms with Crippen molar-refractivity contribution >= 4 is 74.1 Å². The van der Waals surface area contributed by atoms with Crippen molar-refractivity contribution in [3.05, 3.63) is 90.1 Å². The van der Waals surface area contributed by atoms with Crippen LogP contribution in [0.15, 0.2) is 73.1 Å². The monoisotopic (exact) mass is 782 g/mol. The first kappa shape index (κ1) is 40.0. The van der Waals surface area contributed by atoms with Gasteiger partial charge in [-0.05, 0) is 39.9 Å². The van der Waals surface area contributed by atoms with Gasteiger partial charge in [0.05, 0.1) is 49.1 Å². The van der Waals surface area contributed by atoms with Crippen LogP contribution < -0.4 is 15.9 Å². The van der Waals surface area contributed by atoms with E-state index >= 15 is 0 Å². The molecule has 250 valence electrons. The molecule has 0 fully saturated rings. The predicted molar refractivity (Wildman–Crippen MR) is 187 cm³/mol. The van der Waals surface area contributed by atoms with Crippen LogP contribution in [-0.2, 0) is 62.8 Å². The van der Waals surface area contributed by atoms with Crippen LogP contribution in [0.3, 0.4) is 0 Å². The quantitative estimate of drug-likeness (QED) is 0.137. The van der Waals surface area contributed by atoms with E-state index in [1.54, 1.807) is 12.4 Å². The van der Waals surface area contributed by atoms with E-state index in [0.717, 1.165) is 75.2 Å². The summed E-state index contributed by atoms with van der Waals surface area (Å²) in [6, 6.07) is 24.9. The van der Waals surface area contributed by atoms with Crippen molar-refractivity contribution in [3.8, 4) is 39.4 Å². The summed E-state index contributed by atoms with van der Waals surface area (Å²) in [5, 5.41) is 4.39. The number of rotatable bonds is 6. The number of aromatic amines is 2. The zero-order valence-electron chi connectivity index (χ0n) is 26.3. The Hall–Kier alpha value is -4.47. The molecule has 7 rings (SSSR count). The second kappa shape index (κ2) is 18.5. The molecule has 4 N–H and O–H groups in total. The molecule has 17 heteroatoms. The first-order chi connectivity index (χ1) is 23.3. The molecule has 0 bridgehead atoms. The maximum absolute atomic E-state index is 10.7. The van der Waals surface area contributed by atoms with Gasteiger partial charge in [-0.2, -0.15) is 17.2 Å². The van der Waals surface area contributed by atoms with Crippen molar-refractivity contribution in [3.63, 3.8) is 0 Å². The van der Waals surface area contributed by atoms with Crippen molar-refractivity contribution in [1.29, 1.82) is 0 Å². The summed E-state index contributed by atoms with van der Waals surface area (Å²) in [6.45, 7) is 0.484. The van der Waals surface area contributed by atoms with Gasteiger partial charge in [0.1, 0.15) is 12.4 Å². The number of H-pyrrole nitrogens is 2. The minimum absolute atomic E-state index is 0. The summed E-state index contributed by atoms with van der Waals surface area (Å²) in [5.41, 5.74) is 20.4. The summed E-state index contributed by atoms with van der Waals surface area (Å²) >= 11 is 0. The number of methoxy groups -OCH3 is 2. The number of hydrogen-bond donors (Lipinski definition) is 2. The van der Waals surface area contributed by atoms with E-state index in [0.29, 0.717) is 17.7 Å². The fourth-order valence-electron chi connectivity index (χ4n) is 5.11. The number of imidazole rings is 2. The van der Waals surface area contributed by atoms with E-state index in [1.807, 2.05) is 18.1 Å². The molecule has 2 atom stereocenters. The van der Waals surface area contributed by atoms with E-state index < -0.39 is 12.2 Å². The molecule has 2 unspecified atom stereocenters. The van der Waals surface area contributed by atoms with Gasteiger partial charge in [-0.1, -0.05) is 42.5 Å². The Morgan fingerprint density at radius 3 is 1.68 bits per heavy atom. The molecule has 1 aliphatic rings. The minimum atomic E-state index is -0.995. The van der Waals surface area contributed by atoms with Crippen LogP contribution in [0.5, 0.6) is 5.75 Å². The van der Waals surface area contributed by atoms with Crippen molar-refractivity contribution < 1.29 is 70.5 Å². The van der Waals surface area contributed by atoms with Gasteiger partial charge >= 0.3 is 37.1 Å². The van der Waals surface area contributed by atoms with Gasteiger partial charge < -0.3 is 45.2 Å². The number of aromatic nitrogens is 4. The van der Waals surface area contributed by atoms with Gasteiger partial charge in [-0.3, -0.25) is 9.59 Å². The molecule has 1 aliphatic heterocycles. The summed E-state index contributed by atoms with van der Waals surface area (Å²) in [6.07, 6.45) is 1.51. The smallest absolute Gasteiger partial charge is 0.632 e. The molecule has 2 aromatic heterocycles. The number of hydrogen-bond acceptors (Lipinski definition) is 9. The Balaban J connectivity index is 0.000000500. The molecular weight excluding hydrogens is 756 g/mol. The van der Waals surface area contributed by atoms with Crippen molar-refractivity contribution in [2.24, 2.45) is 0 Å². The number of carbonyl (C=O) groups excluding carboxylic acids is 4. The van der Waals surface area contributed by atoms with Gasteiger partial charge in [0.2, 0.25) is 12.2 Å². The molecule has 2 radical (unpaired) electrons. The van der Waals surface area contributed by atoms with Crippen molar-refractivity contribution in [1.82, 2.24) is 19.9 Å².